The Balaban J connectivity index is 1.61. The molecule has 5 heteroatoms. The number of nitrogens with zero attached hydrogens (tertiary/aromatic N) is 2. The minimum Gasteiger partial charge on any atom is -0.353 e. The minimum absolute atomic E-state index is 0.0175. The second-order valence-corrected chi connectivity index (χ2v) is 5.72. The molecule has 2 aliphatic rings. The van der Waals surface area contributed by atoms with E-state index in [1.807, 2.05) is 0 Å². The maximum Gasteiger partial charge on any atom is 0.158 e. The van der Waals surface area contributed by atoms with Gasteiger partial charge in [-0.2, -0.15) is 5.10 Å². The lowest BCUT2D eigenvalue weighted by atomic mass is 10.2. The van der Waals surface area contributed by atoms with Crippen molar-refractivity contribution < 1.29 is 9.47 Å². The first-order valence-electron chi connectivity index (χ1n) is 6.32. The van der Waals surface area contributed by atoms with Gasteiger partial charge >= 0.3 is 0 Å². The summed E-state index contributed by atoms with van der Waals surface area (Å²) < 4.78 is 14.8. The van der Waals surface area contributed by atoms with Gasteiger partial charge in [-0.15, -0.1) is 0 Å². The van der Waals surface area contributed by atoms with E-state index in [0.29, 0.717) is 6.61 Å². The molecule has 3 rings (SSSR count). The number of ether oxygens (including phenoxy) is 2. The van der Waals surface area contributed by atoms with Gasteiger partial charge in [0.15, 0.2) is 6.29 Å². The van der Waals surface area contributed by atoms with E-state index < -0.39 is 0 Å². The van der Waals surface area contributed by atoms with Crippen LogP contribution in [0, 0.1) is 3.57 Å². The molecule has 1 saturated heterocycles. The summed E-state index contributed by atoms with van der Waals surface area (Å²) in [5.41, 5.74) is 2.46. The summed E-state index contributed by atoms with van der Waals surface area (Å²) in [5, 5.41) is 4.60. The first-order chi connectivity index (χ1) is 8.34. The molecular weight excluding hydrogens is 331 g/mol. The lowest BCUT2D eigenvalue weighted by Gasteiger charge is -2.22. The molecule has 0 amide bonds. The fraction of sp³-hybridized carbons (Fsp3) is 0.750. The molecule has 3 heterocycles. The zero-order valence-corrected chi connectivity index (χ0v) is 12.0. The molecule has 17 heavy (non-hydrogen) atoms. The molecule has 0 aliphatic carbocycles. The molecule has 0 saturated carbocycles. The monoisotopic (exact) mass is 348 g/mol. The molecule has 0 N–H and O–H groups in total. The van der Waals surface area contributed by atoms with E-state index >= 15 is 0 Å². The Morgan fingerprint density at radius 1 is 1.41 bits per heavy atom. The van der Waals surface area contributed by atoms with Crippen molar-refractivity contribution in [2.24, 2.45) is 0 Å². The maximum absolute atomic E-state index is 5.78. The third-order valence-electron chi connectivity index (χ3n) is 3.39. The molecule has 0 aromatic carbocycles. The molecule has 1 atom stereocenters. The molecular formula is C12H17IN2O2. The largest absolute Gasteiger partial charge is 0.353 e. The van der Waals surface area contributed by atoms with Gasteiger partial charge in [0, 0.05) is 13.2 Å². The standard InChI is InChI=1S/C12H17IN2O2/c13-12-9(14-15-6-3-4-10(12)15)8-17-11-5-1-2-7-16-11/h11H,1-8H2. The van der Waals surface area contributed by atoms with Crippen molar-refractivity contribution in [3.8, 4) is 0 Å². The third-order valence-corrected chi connectivity index (χ3v) is 4.63. The smallest absolute Gasteiger partial charge is 0.158 e. The van der Waals surface area contributed by atoms with Crippen LogP contribution in [0.4, 0.5) is 0 Å². The van der Waals surface area contributed by atoms with Gasteiger partial charge in [0.1, 0.15) is 5.69 Å². The summed E-state index contributed by atoms with van der Waals surface area (Å²) in [7, 11) is 0. The van der Waals surface area contributed by atoms with Crippen molar-refractivity contribution in [1.29, 1.82) is 0 Å². The van der Waals surface area contributed by atoms with Crippen LogP contribution >= 0.6 is 22.6 Å². The lowest BCUT2D eigenvalue weighted by Crippen LogP contribution is -2.22. The van der Waals surface area contributed by atoms with Crippen molar-refractivity contribution in [3.05, 3.63) is 15.0 Å². The quantitative estimate of drug-likeness (QED) is 0.788. The van der Waals surface area contributed by atoms with Crippen LogP contribution in [0.25, 0.3) is 0 Å². The van der Waals surface area contributed by atoms with Gasteiger partial charge in [-0.25, -0.2) is 0 Å². The molecule has 0 radical (unpaired) electrons. The highest BCUT2D eigenvalue weighted by atomic mass is 127. The highest BCUT2D eigenvalue weighted by Crippen LogP contribution is 2.25. The number of rotatable bonds is 3. The van der Waals surface area contributed by atoms with Crippen LogP contribution in [0.3, 0.4) is 0 Å². The van der Waals surface area contributed by atoms with Gasteiger partial charge in [-0.1, -0.05) is 0 Å². The fourth-order valence-electron chi connectivity index (χ4n) is 2.46. The van der Waals surface area contributed by atoms with Gasteiger partial charge in [-0.05, 0) is 54.7 Å². The number of aromatic nitrogens is 2. The van der Waals surface area contributed by atoms with Crippen LogP contribution in [0.15, 0.2) is 0 Å². The Hall–Kier alpha value is -0.140. The van der Waals surface area contributed by atoms with Crippen molar-refractivity contribution in [2.45, 2.75) is 51.5 Å². The van der Waals surface area contributed by atoms with E-state index in [1.54, 1.807) is 0 Å². The molecule has 0 bridgehead atoms. The van der Waals surface area contributed by atoms with Crippen LogP contribution in [-0.4, -0.2) is 22.7 Å². The fourth-order valence-corrected chi connectivity index (χ4v) is 3.27. The van der Waals surface area contributed by atoms with Gasteiger partial charge in [0.25, 0.3) is 0 Å². The summed E-state index contributed by atoms with van der Waals surface area (Å²) in [5.74, 6) is 0. The Labute approximate surface area is 115 Å². The van der Waals surface area contributed by atoms with E-state index in [2.05, 4.69) is 32.4 Å². The van der Waals surface area contributed by atoms with Crippen LogP contribution in [-0.2, 0) is 29.0 Å². The number of hydrogen-bond acceptors (Lipinski definition) is 3. The summed E-state index contributed by atoms with van der Waals surface area (Å²) in [6, 6.07) is 0. The SMILES string of the molecule is Ic1c(COC2CCCCO2)nn2c1CCC2. The van der Waals surface area contributed by atoms with Gasteiger partial charge in [0.2, 0.25) is 0 Å². The van der Waals surface area contributed by atoms with Crippen molar-refractivity contribution >= 4 is 22.6 Å². The predicted octanol–water partition coefficient (Wildman–Crippen LogP) is 2.48. The summed E-state index contributed by atoms with van der Waals surface area (Å²) in [6.45, 7) is 2.48. The number of fused-ring (bicyclic) bond motifs is 1. The van der Waals surface area contributed by atoms with Crippen LogP contribution in [0.1, 0.15) is 37.1 Å². The Kier molecular flexibility index (Phi) is 3.67. The zero-order chi connectivity index (χ0) is 11.7. The highest BCUT2D eigenvalue weighted by molar-refractivity contribution is 14.1. The normalized spacial score (nSPS) is 23.9. The highest BCUT2D eigenvalue weighted by Gasteiger charge is 2.21. The second-order valence-electron chi connectivity index (χ2n) is 4.64. The minimum atomic E-state index is -0.0175. The van der Waals surface area contributed by atoms with E-state index in [0.717, 1.165) is 38.1 Å². The lowest BCUT2D eigenvalue weighted by molar-refractivity contribution is -0.169. The van der Waals surface area contributed by atoms with Crippen molar-refractivity contribution in [1.82, 2.24) is 9.78 Å². The maximum atomic E-state index is 5.78. The van der Waals surface area contributed by atoms with E-state index in [1.165, 1.54) is 22.1 Å². The van der Waals surface area contributed by atoms with Gasteiger partial charge in [0.05, 0.1) is 15.9 Å². The van der Waals surface area contributed by atoms with Crippen LogP contribution < -0.4 is 0 Å². The number of aryl methyl sites for hydroxylation is 1. The molecule has 94 valence electrons. The molecule has 4 nitrogen and oxygen atoms in total. The Morgan fingerprint density at radius 3 is 3.12 bits per heavy atom. The summed E-state index contributed by atoms with van der Waals surface area (Å²) in [4.78, 5) is 0. The third kappa shape index (κ3) is 2.51. The average molecular weight is 348 g/mol. The molecule has 2 aliphatic heterocycles. The average Bonchev–Trinajstić information content (AvgIpc) is 2.92. The zero-order valence-electron chi connectivity index (χ0n) is 9.82. The van der Waals surface area contributed by atoms with E-state index in [4.69, 9.17) is 9.47 Å². The molecule has 1 aromatic heterocycles. The molecule has 0 spiro atoms. The van der Waals surface area contributed by atoms with Gasteiger partial charge in [-0.3, -0.25) is 4.68 Å². The van der Waals surface area contributed by atoms with Crippen molar-refractivity contribution in [3.63, 3.8) is 0 Å². The summed E-state index contributed by atoms with van der Waals surface area (Å²) >= 11 is 2.39. The van der Waals surface area contributed by atoms with Crippen molar-refractivity contribution in [2.75, 3.05) is 6.61 Å². The predicted molar refractivity (Wildman–Crippen MR) is 71.6 cm³/mol. The summed E-state index contributed by atoms with van der Waals surface area (Å²) in [6.07, 6.45) is 5.76. The van der Waals surface area contributed by atoms with Crippen LogP contribution in [0.2, 0.25) is 0 Å². The van der Waals surface area contributed by atoms with Crippen LogP contribution in [0.5, 0.6) is 0 Å². The van der Waals surface area contributed by atoms with E-state index in [9.17, 15) is 0 Å². The number of hydrogen-bond donors (Lipinski definition) is 0. The first kappa shape index (κ1) is 11.9. The second kappa shape index (κ2) is 5.24. The van der Waals surface area contributed by atoms with Gasteiger partial charge < -0.3 is 9.47 Å². The first-order valence-corrected chi connectivity index (χ1v) is 7.40. The molecule has 1 aromatic rings. The Morgan fingerprint density at radius 2 is 2.35 bits per heavy atom. The topological polar surface area (TPSA) is 36.3 Å². The molecule has 1 unspecified atom stereocenters. The van der Waals surface area contributed by atoms with E-state index in [-0.39, 0.29) is 6.29 Å². The molecule has 1 fully saturated rings. The Bertz CT molecular complexity index is 399. The number of halogens is 1.